The molecule has 0 saturated carbocycles. The Balaban J connectivity index is 2.10. The summed E-state index contributed by atoms with van der Waals surface area (Å²) in [4.78, 5) is 25.8. The molecule has 0 aliphatic carbocycles. The minimum atomic E-state index is -0.461. The average molecular weight is 307 g/mol. The molecule has 0 spiro atoms. The van der Waals surface area contributed by atoms with Gasteiger partial charge in [-0.1, -0.05) is 6.07 Å². The first kappa shape index (κ1) is 16.1. The Morgan fingerprint density at radius 2 is 1.91 bits per heavy atom. The van der Waals surface area contributed by atoms with E-state index in [1.165, 1.54) is 7.11 Å². The maximum atomic E-state index is 12.4. The predicted octanol–water partition coefficient (Wildman–Crippen LogP) is 1.41. The highest BCUT2D eigenvalue weighted by molar-refractivity contribution is 5.86. The maximum absolute atomic E-state index is 12.4. The molecule has 1 saturated heterocycles. The van der Waals surface area contributed by atoms with E-state index in [2.05, 4.69) is 0 Å². The van der Waals surface area contributed by atoms with Crippen LogP contribution in [0.3, 0.4) is 0 Å². The highest BCUT2D eigenvalue weighted by Crippen LogP contribution is 2.28. The van der Waals surface area contributed by atoms with Crippen molar-refractivity contribution in [3.05, 3.63) is 23.8 Å². The van der Waals surface area contributed by atoms with E-state index >= 15 is 0 Å². The standard InChI is InChI=1S/C16H21NO5/c1-20-13-7-6-11(9-14(13)21-2)10-15(18)17-8-4-5-12(17)16(19)22-3/h6-7,9,12H,4-5,8,10H2,1-3H3. The Labute approximate surface area is 129 Å². The van der Waals surface area contributed by atoms with Crippen LogP contribution in [0.25, 0.3) is 0 Å². The molecule has 6 heteroatoms. The summed E-state index contributed by atoms with van der Waals surface area (Å²) in [6.45, 7) is 0.589. The third kappa shape index (κ3) is 3.32. The SMILES string of the molecule is COC(=O)C1CCCN1C(=O)Cc1ccc(OC)c(OC)c1. The van der Waals surface area contributed by atoms with Crippen molar-refractivity contribution < 1.29 is 23.8 Å². The summed E-state index contributed by atoms with van der Waals surface area (Å²) in [7, 11) is 4.46. The molecule has 120 valence electrons. The van der Waals surface area contributed by atoms with E-state index < -0.39 is 6.04 Å². The number of likely N-dealkylation sites (tertiary alicyclic amines) is 1. The first-order valence-electron chi connectivity index (χ1n) is 7.19. The minimum Gasteiger partial charge on any atom is -0.493 e. The number of amides is 1. The molecule has 22 heavy (non-hydrogen) atoms. The summed E-state index contributed by atoms with van der Waals surface area (Å²) in [5.41, 5.74) is 0.818. The zero-order valence-electron chi connectivity index (χ0n) is 13.1. The molecule has 6 nitrogen and oxygen atoms in total. The number of benzene rings is 1. The van der Waals surface area contributed by atoms with E-state index in [9.17, 15) is 9.59 Å². The van der Waals surface area contributed by atoms with Crippen molar-refractivity contribution in [1.82, 2.24) is 4.90 Å². The number of methoxy groups -OCH3 is 3. The van der Waals surface area contributed by atoms with Gasteiger partial charge in [-0.3, -0.25) is 4.79 Å². The second-order valence-electron chi connectivity index (χ2n) is 5.13. The molecule has 1 amide bonds. The summed E-state index contributed by atoms with van der Waals surface area (Å²) in [5.74, 6) is 0.768. The molecule has 1 aromatic carbocycles. The fourth-order valence-corrected chi connectivity index (χ4v) is 2.71. The average Bonchev–Trinajstić information content (AvgIpc) is 3.03. The lowest BCUT2D eigenvalue weighted by molar-refractivity contribution is -0.150. The summed E-state index contributed by atoms with van der Waals surface area (Å²) < 4.78 is 15.2. The van der Waals surface area contributed by atoms with Gasteiger partial charge in [-0.2, -0.15) is 0 Å². The van der Waals surface area contributed by atoms with Gasteiger partial charge < -0.3 is 19.1 Å². The van der Waals surface area contributed by atoms with Crippen LogP contribution in [0.15, 0.2) is 18.2 Å². The van der Waals surface area contributed by atoms with Crippen molar-refractivity contribution in [2.45, 2.75) is 25.3 Å². The lowest BCUT2D eigenvalue weighted by Crippen LogP contribution is -2.41. The number of esters is 1. The molecule has 1 aliphatic rings. The molecule has 0 aromatic heterocycles. The molecule has 1 fully saturated rings. The molecule has 1 aromatic rings. The Morgan fingerprint density at radius 3 is 2.55 bits per heavy atom. The monoisotopic (exact) mass is 307 g/mol. The largest absolute Gasteiger partial charge is 0.493 e. The minimum absolute atomic E-state index is 0.0832. The van der Waals surface area contributed by atoms with Gasteiger partial charge >= 0.3 is 5.97 Å². The zero-order valence-corrected chi connectivity index (χ0v) is 13.1. The molecule has 1 atom stereocenters. The molecule has 2 rings (SSSR count). The number of carbonyl (C=O) groups is 2. The Hall–Kier alpha value is -2.24. The third-order valence-corrected chi connectivity index (χ3v) is 3.85. The topological polar surface area (TPSA) is 65.1 Å². The van der Waals surface area contributed by atoms with E-state index in [-0.39, 0.29) is 18.3 Å². The first-order chi connectivity index (χ1) is 10.6. The van der Waals surface area contributed by atoms with E-state index in [1.54, 1.807) is 31.3 Å². The van der Waals surface area contributed by atoms with Gasteiger partial charge in [0.15, 0.2) is 11.5 Å². The molecule has 1 unspecified atom stereocenters. The highest BCUT2D eigenvalue weighted by atomic mass is 16.5. The molecule has 0 N–H and O–H groups in total. The van der Waals surface area contributed by atoms with Gasteiger partial charge in [0.2, 0.25) is 5.91 Å². The van der Waals surface area contributed by atoms with Crippen LogP contribution in [-0.4, -0.2) is 50.7 Å². The Morgan fingerprint density at radius 1 is 1.18 bits per heavy atom. The van der Waals surface area contributed by atoms with Crippen LogP contribution in [0.4, 0.5) is 0 Å². The highest BCUT2D eigenvalue weighted by Gasteiger charge is 2.34. The van der Waals surface area contributed by atoms with Gasteiger partial charge in [0.05, 0.1) is 27.8 Å². The summed E-state index contributed by atoms with van der Waals surface area (Å²) in [6, 6.07) is 4.91. The Bertz CT molecular complexity index is 557. The predicted molar refractivity (Wildman–Crippen MR) is 80.0 cm³/mol. The molecule has 1 aliphatic heterocycles. The van der Waals surface area contributed by atoms with Gasteiger partial charge in [0, 0.05) is 6.54 Å². The number of hydrogen-bond donors (Lipinski definition) is 0. The van der Waals surface area contributed by atoms with Gasteiger partial charge in [-0.05, 0) is 30.5 Å². The molecule has 0 bridgehead atoms. The lowest BCUT2D eigenvalue weighted by atomic mass is 10.1. The van der Waals surface area contributed by atoms with Gasteiger partial charge in [-0.15, -0.1) is 0 Å². The van der Waals surface area contributed by atoms with Crippen LogP contribution in [-0.2, 0) is 20.7 Å². The molecular weight excluding hydrogens is 286 g/mol. The van der Waals surface area contributed by atoms with Crippen molar-refractivity contribution in [3.63, 3.8) is 0 Å². The van der Waals surface area contributed by atoms with E-state index in [0.29, 0.717) is 24.5 Å². The molecule has 0 radical (unpaired) electrons. The number of nitrogens with zero attached hydrogens (tertiary/aromatic N) is 1. The van der Waals surface area contributed by atoms with Gasteiger partial charge in [0.25, 0.3) is 0 Å². The van der Waals surface area contributed by atoms with E-state index in [4.69, 9.17) is 14.2 Å². The van der Waals surface area contributed by atoms with E-state index in [0.717, 1.165) is 12.0 Å². The van der Waals surface area contributed by atoms with Crippen molar-refractivity contribution in [3.8, 4) is 11.5 Å². The van der Waals surface area contributed by atoms with Crippen LogP contribution < -0.4 is 9.47 Å². The van der Waals surface area contributed by atoms with Crippen LogP contribution >= 0.6 is 0 Å². The fraction of sp³-hybridized carbons (Fsp3) is 0.500. The molecular formula is C16H21NO5. The fourth-order valence-electron chi connectivity index (χ4n) is 2.71. The van der Waals surface area contributed by atoms with Crippen molar-refractivity contribution in [2.24, 2.45) is 0 Å². The number of carbonyl (C=O) groups excluding carboxylic acids is 2. The van der Waals surface area contributed by atoms with Crippen LogP contribution in [0, 0.1) is 0 Å². The van der Waals surface area contributed by atoms with Crippen molar-refractivity contribution in [1.29, 1.82) is 0 Å². The van der Waals surface area contributed by atoms with Crippen LogP contribution in [0.5, 0.6) is 11.5 Å². The first-order valence-corrected chi connectivity index (χ1v) is 7.19. The van der Waals surface area contributed by atoms with Gasteiger partial charge in [-0.25, -0.2) is 4.79 Å². The lowest BCUT2D eigenvalue weighted by Gasteiger charge is -2.22. The van der Waals surface area contributed by atoms with Crippen molar-refractivity contribution in [2.75, 3.05) is 27.9 Å². The van der Waals surface area contributed by atoms with Crippen LogP contribution in [0.2, 0.25) is 0 Å². The number of rotatable bonds is 5. The van der Waals surface area contributed by atoms with Crippen molar-refractivity contribution >= 4 is 11.9 Å². The Kier molecular flexibility index (Phi) is 5.25. The third-order valence-electron chi connectivity index (χ3n) is 3.85. The maximum Gasteiger partial charge on any atom is 0.328 e. The van der Waals surface area contributed by atoms with Gasteiger partial charge in [0.1, 0.15) is 6.04 Å². The number of hydrogen-bond acceptors (Lipinski definition) is 5. The summed E-state index contributed by atoms with van der Waals surface area (Å²) in [6.07, 6.45) is 1.69. The molecule has 1 heterocycles. The second kappa shape index (κ2) is 7.15. The van der Waals surface area contributed by atoms with Crippen LogP contribution in [0.1, 0.15) is 18.4 Å². The number of ether oxygens (including phenoxy) is 3. The van der Waals surface area contributed by atoms with E-state index in [1.807, 2.05) is 6.07 Å². The zero-order chi connectivity index (χ0) is 16.1. The summed E-state index contributed by atoms with van der Waals surface area (Å²) in [5, 5.41) is 0. The normalized spacial score (nSPS) is 17.2. The quantitative estimate of drug-likeness (QED) is 0.770. The second-order valence-corrected chi connectivity index (χ2v) is 5.13. The smallest absolute Gasteiger partial charge is 0.328 e. The summed E-state index contributed by atoms with van der Waals surface area (Å²) >= 11 is 0.